The van der Waals surface area contributed by atoms with Gasteiger partial charge < -0.3 is 80.6 Å². The highest BCUT2D eigenvalue weighted by molar-refractivity contribution is 5.82. The van der Waals surface area contributed by atoms with Gasteiger partial charge in [0, 0.05) is 42.6 Å². The standard InChI is InChI=1S/C43H78O17/c1-21-13-14-29(47)17-30(48)15-28(46)10-8-12-36(53)58-40-24(4)39(23(3)37(54)22(2)26(6)44)59-41(25(40)5)38(55)33(50)11-7-9-27(45)16-31(49)18-32-19-34(51)42(56)43(57,60-32)20-35(21)52/h8,12,21-35,37-42,44-52,54-57H,7,9-11,13-20H2,1-6H3/b12-8+/t21-,22+,23-,24+,25-,26+,27-,28+,29+,30+,31+,32-,33+,34+,35?,37+,38+,39+,40-,41-,42-,43+/m1/s1. The van der Waals surface area contributed by atoms with Crippen LogP contribution in [0.4, 0.5) is 0 Å². The molecule has 0 amide bonds. The highest BCUT2D eigenvalue weighted by atomic mass is 16.7. The Morgan fingerprint density at radius 2 is 1.28 bits per heavy atom. The van der Waals surface area contributed by atoms with Crippen LogP contribution in [0.3, 0.4) is 0 Å². The molecule has 0 aliphatic carbocycles. The van der Waals surface area contributed by atoms with Crippen molar-refractivity contribution in [1.29, 1.82) is 0 Å². The quantitative estimate of drug-likeness (QED) is 0.159. The van der Waals surface area contributed by atoms with Gasteiger partial charge in [-0.15, -0.1) is 0 Å². The molecule has 1 unspecified atom stereocenters. The molecule has 17 nitrogen and oxygen atoms in total. The van der Waals surface area contributed by atoms with Crippen molar-refractivity contribution in [3.63, 3.8) is 0 Å². The van der Waals surface area contributed by atoms with Crippen LogP contribution in [0.25, 0.3) is 0 Å². The van der Waals surface area contributed by atoms with Crippen LogP contribution in [0.1, 0.15) is 119 Å². The highest BCUT2D eigenvalue weighted by Crippen LogP contribution is 2.40. The summed E-state index contributed by atoms with van der Waals surface area (Å²) in [5.74, 6) is -5.97. The third-order valence-corrected chi connectivity index (χ3v) is 13.4. The molecule has 2 fully saturated rings. The van der Waals surface area contributed by atoms with Gasteiger partial charge in [-0.1, -0.05) is 40.7 Å². The van der Waals surface area contributed by atoms with Crippen molar-refractivity contribution in [3.8, 4) is 0 Å². The first-order valence-electron chi connectivity index (χ1n) is 22.0. The Kier molecular flexibility index (Phi) is 21.2. The number of rotatable bonds is 4. The second-order valence-electron chi connectivity index (χ2n) is 18.6. The fourth-order valence-corrected chi connectivity index (χ4v) is 9.23. The number of hydrogen-bond donors (Lipinski definition) is 13. The predicted octanol–water partition coefficient (Wildman–Crippen LogP) is -0.465. The molecular formula is C43H78O17. The minimum absolute atomic E-state index is 0.0190. The number of carbonyl (C=O) groups is 1. The molecule has 60 heavy (non-hydrogen) atoms. The van der Waals surface area contributed by atoms with E-state index in [1.165, 1.54) is 6.08 Å². The van der Waals surface area contributed by atoms with E-state index in [-0.39, 0.29) is 70.6 Å². The largest absolute Gasteiger partial charge is 0.458 e. The third kappa shape index (κ3) is 15.1. The highest BCUT2D eigenvalue weighted by Gasteiger charge is 2.51. The van der Waals surface area contributed by atoms with Gasteiger partial charge in [0.15, 0.2) is 5.79 Å². The van der Waals surface area contributed by atoms with Gasteiger partial charge in [-0.05, 0) is 77.0 Å². The zero-order valence-corrected chi connectivity index (χ0v) is 36.2. The molecule has 3 aliphatic heterocycles. The molecule has 2 saturated heterocycles. The second kappa shape index (κ2) is 24.1. The van der Waals surface area contributed by atoms with E-state index in [2.05, 4.69) is 0 Å². The van der Waals surface area contributed by atoms with Crippen LogP contribution < -0.4 is 0 Å². The summed E-state index contributed by atoms with van der Waals surface area (Å²) >= 11 is 0. The summed E-state index contributed by atoms with van der Waals surface area (Å²) in [7, 11) is 0. The topological polar surface area (TPSA) is 308 Å². The van der Waals surface area contributed by atoms with Crippen molar-refractivity contribution >= 4 is 5.97 Å². The first-order valence-corrected chi connectivity index (χ1v) is 22.0. The van der Waals surface area contributed by atoms with Crippen LogP contribution in [-0.2, 0) is 19.0 Å². The maximum atomic E-state index is 13.2. The average molecular weight is 867 g/mol. The van der Waals surface area contributed by atoms with Gasteiger partial charge in [0.2, 0.25) is 0 Å². The van der Waals surface area contributed by atoms with Gasteiger partial charge in [0.1, 0.15) is 18.3 Å². The summed E-state index contributed by atoms with van der Waals surface area (Å²) in [6.07, 6.45) is -16.1. The first kappa shape index (κ1) is 53.0. The minimum Gasteiger partial charge on any atom is -0.458 e. The van der Waals surface area contributed by atoms with E-state index in [1.54, 1.807) is 41.5 Å². The lowest BCUT2D eigenvalue weighted by atomic mass is 9.74. The molecule has 0 spiro atoms. The van der Waals surface area contributed by atoms with Crippen molar-refractivity contribution in [2.75, 3.05) is 0 Å². The molecule has 3 aliphatic rings. The predicted molar refractivity (Wildman–Crippen MR) is 216 cm³/mol. The van der Waals surface area contributed by atoms with Crippen molar-refractivity contribution < 1.29 is 85.4 Å². The van der Waals surface area contributed by atoms with Gasteiger partial charge >= 0.3 is 5.97 Å². The number of aliphatic hydroxyl groups is 13. The van der Waals surface area contributed by atoms with E-state index in [1.807, 2.05) is 0 Å². The molecule has 3 heterocycles. The van der Waals surface area contributed by atoms with Crippen LogP contribution in [0.5, 0.6) is 0 Å². The van der Waals surface area contributed by atoms with E-state index in [0.29, 0.717) is 0 Å². The summed E-state index contributed by atoms with van der Waals surface area (Å²) in [5.41, 5.74) is 0. The molecule has 0 aromatic carbocycles. The van der Waals surface area contributed by atoms with Crippen LogP contribution in [0.15, 0.2) is 12.2 Å². The normalized spacial score (nSPS) is 45.9. The molecule has 0 saturated carbocycles. The SMILES string of the molecule is C[C@H]1[C@H]([C@H](C)[C@@H](O)[C@@H](C)[C@H](C)O)O[C@@H]2[C@H](C)[C@@H]1OC(=O)/C=C/C[C@H](O)C[C@H](O)C[C@@H](O)CC[C@@H](C)C(O)C[C@]1(O)O[C@H](C[C@@H](O)C[C@H](O)CCC[C@H](O)[C@@H]2O)C[C@H](O)[C@H]1O. The minimum atomic E-state index is -2.37. The Labute approximate surface area is 354 Å². The lowest BCUT2D eigenvalue weighted by molar-refractivity contribution is -0.333. The zero-order valence-electron chi connectivity index (χ0n) is 36.2. The molecule has 352 valence electrons. The Hall–Kier alpha value is -1.39. The first-order chi connectivity index (χ1) is 27.9. The molecule has 22 atom stereocenters. The second-order valence-corrected chi connectivity index (χ2v) is 18.6. The fourth-order valence-electron chi connectivity index (χ4n) is 9.23. The summed E-state index contributed by atoms with van der Waals surface area (Å²) in [6.45, 7) is 10.1. The lowest BCUT2D eigenvalue weighted by Gasteiger charge is -2.49. The van der Waals surface area contributed by atoms with Crippen LogP contribution in [-0.4, -0.2) is 176 Å². The Balaban J connectivity index is 1.83. The molecule has 3 rings (SSSR count). The van der Waals surface area contributed by atoms with Crippen LogP contribution in [0.2, 0.25) is 0 Å². The smallest absolute Gasteiger partial charge is 0.330 e. The lowest BCUT2D eigenvalue weighted by Crippen LogP contribution is -2.59. The zero-order chi connectivity index (χ0) is 45.2. The number of esters is 1. The van der Waals surface area contributed by atoms with Gasteiger partial charge in [0.05, 0.1) is 79.4 Å². The van der Waals surface area contributed by atoms with Gasteiger partial charge in [-0.25, -0.2) is 4.79 Å². The molecule has 17 heteroatoms. The maximum absolute atomic E-state index is 13.2. The van der Waals surface area contributed by atoms with Crippen molar-refractivity contribution in [3.05, 3.63) is 12.2 Å². The summed E-state index contributed by atoms with van der Waals surface area (Å²) in [5, 5.41) is 141. The molecule has 0 radical (unpaired) electrons. The summed E-state index contributed by atoms with van der Waals surface area (Å²) < 4.78 is 18.1. The number of fused-ring (bicyclic) bond motifs is 4. The van der Waals surface area contributed by atoms with Crippen LogP contribution >= 0.6 is 0 Å². The van der Waals surface area contributed by atoms with Gasteiger partial charge in [-0.3, -0.25) is 0 Å². The summed E-state index contributed by atoms with van der Waals surface area (Å²) in [4.78, 5) is 13.2. The molecule has 13 N–H and O–H groups in total. The van der Waals surface area contributed by atoms with E-state index in [4.69, 9.17) is 14.2 Å². The number of hydrogen-bond acceptors (Lipinski definition) is 17. The third-order valence-electron chi connectivity index (χ3n) is 13.4. The Morgan fingerprint density at radius 1 is 0.683 bits per heavy atom. The van der Waals surface area contributed by atoms with Crippen molar-refractivity contribution in [2.24, 2.45) is 29.6 Å². The monoisotopic (exact) mass is 867 g/mol. The van der Waals surface area contributed by atoms with E-state index < -0.39 is 145 Å². The van der Waals surface area contributed by atoms with E-state index >= 15 is 0 Å². The number of aliphatic hydroxyl groups excluding tert-OH is 12. The van der Waals surface area contributed by atoms with Gasteiger partial charge in [-0.2, -0.15) is 0 Å². The molecular weight excluding hydrogens is 788 g/mol. The Morgan fingerprint density at radius 3 is 1.92 bits per heavy atom. The van der Waals surface area contributed by atoms with Crippen molar-refractivity contribution in [2.45, 2.75) is 222 Å². The number of ether oxygens (including phenoxy) is 3. The maximum Gasteiger partial charge on any atom is 0.330 e. The number of carbonyl (C=O) groups excluding carboxylic acids is 1. The van der Waals surface area contributed by atoms with E-state index in [0.717, 1.165) is 6.08 Å². The average Bonchev–Trinajstić information content (AvgIpc) is 3.15. The van der Waals surface area contributed by atoms with E-state index in [9.17, 15) is 71.2 Å². The van der Waals surface area contributed by atoms with Crippen LogP contribution in [0, 0.1) is 29.6 Å². The summed E-state index contributed by atoms with van der Waals surface area (Å²) in [6, 6.07) is 0. The molecule has 0 aromatic heterocycles. The Bertz CT molecular complexity index is 1290. The molecule has 0 aromatic rings. The van der Waals surface area contributed by atoms with Crippen molar-refractivity contribution in [1.82, 2.24) is 0 Å². The molecule has 4 bridgehead atoms. The fraction of sp³-hybridized carbons (Fsp3) is 0.930. The van der Waals surface area contributed by atoms with Gasteiger partial charge in [0.25, 0.3) is 0 Å².